The number of phenolic OH excluding ortho intramolecular Hbond substituents is 1. The van der Waals surface area contributed by atoms with E-state index in [4.69, 9.17) is 22.3 Å². The van der Waals surface area contributed by atoms with Crippen LogP contribution in [-0.2, 0) is 27.6 Å². The molecule has 3 nitrogen and oxygen atoms in total. The van der Waals surface area contributed by atoms with Gasteiger partial charge in [-0.15, -0.1) is 0 Å². The molecule has 0 radical (unpaired) electrons. The first-order chi connectivity index (χ1) is 8.31. The highest BCUT2D eigenvalue weighted by Gasteiger charge is 2.24. The number of benzene rings is 1. The highest BCUT2D eigenvalue weighted by molar-refractivity contribution is 8.13. The molecule has 0 spiro atoms. The lowest BCUT2D eigenvalue weighted by atomic mass is 9.86. The summed E-state index contributed by atoms with van der Waals surface area (Å²) < 4.78 is 22.4. The van der Waals surface area contributed by atoms with E-state index in [9.17, 15) is 13.5 Å². The Balaban J connectivity index is 2.64. The quantitative estimate of drug-likeness (QED) is 0.853. The summed E-state index contributed by atoms with van der Waals surface area (Å²) in [7, 11) is 1.55. The van der Waals surface area contributed by atoms with Crippen LogP contribution in [0.1, 0.15) is 35.1 Å². The summed E-state index contributed by atoms with van der Waals surface area (Å²) in [6.07, 6.45) is 3.80. The number of aromatic hydroxyl groups is 1. The first-order valence-corrected chi connectivity index (χ1v) is 8.61. The normalized spacial score (nSPS) is 15.5. The molecule has 0 saturated heterocycles. The molecule has 100 valence electrons. The van der Waals surface area contributed by atoms with Gasteiger partial charge in [0.15, 0.2) is 0 Å². The van der Waals surface area contributed by atoms with Gasteiger partial charge in [0, 0.05) is 16.2 Å². The predicted molar refractivity (Wildman–Crippen MR) is 73.0 cm³/mol. The van der Waals surface area contributed by atoms with Crippen LogP contribution >= 0.6 is 22.3 Å². The molecule has 0 fully saturated rings. The van der Waals surface area contributed by atoms with E-state index in [1.54, 1.807) is 0 Å². The summed E-state index contributed by atoms with van der Waals surface area (Å²) in [6.45, 7) is 1.82. The molecule has 0 aromatic heterocycles. The van der Waals surface area contributed by atoms with Gasteiger partial charge in [0.25, 0.3) is 0 Å². The molecule has 0 saturated carbocycles. The van der Waals surface area contributed by atoms with Crippen LogP contribution in [0, 0.1) is 6.92 Å². The largest absolute Gasteiger partial charge is 0.506 e. The zero-order valence-electron chi connectivity index (χ0n) is 9.96. The fraction of sp³-hybridized carbons (Fsp3) is 0.500. The smallest absolute Gasteiger partial charge is 0.236 e. The first kappa shape index (κ1) is 14.0. The van der Waals surface area contributed by atoms with E-state index in [2.05, 4.69) is 0 Å². The number of fused-ring (bicyclic) bond motifs is 1. The molecule has 0 atom stereocenters. The van der Waals surface area contributed by atoms with Gasteiger partial charge in [0.05, 0.1) is 10.8 Å². The second-order valence-electron chi connectivity index (χ2n) is 4.61. The molecule has 2 rings (SSSR count). The summed E-state index contributed by atoms with van der Waals surface area (Å²) in [5.74, 6) is -0.529. The lowest BCUT2D eigenvalue weighted by Gasteiger charge is -2.23. The predicted octanol–water partition coefficient (Wildman–Crippen LogP) is 3.30. The minimum absolute atomic E-state index is 0.140. The Bertz CT molecular complexity index is 594. The van der Waals surface area contributed by atoms with Crippen molar-refractivity contribution in [1.29, 1.82) is 0 Å². The van der Waals surface area contributed by atoms with Crippen LogP contribution in [-0.4, -0.2) is 13.5 Å². The second kappa shape index (κ2) is 4.91. The van der Waals surface area contributed by atoms with Crippen molar-refractivity contribution in [1.82, 2.24) is 0 Å². The average molecular weight is 309 g/mol. The summed E-state index contributed by atoms with van der Waals surface area (Å²) in [5.41, 5.74) is 3.15. The highest BCUT2D eigenvalue weighted by atomic mass is 35.7. The molecule has 1 aromatic carbocycles. The fourth-order valence-electron chi connectivity index (χ4n) is 2.55. The van der Waals surface area contributed by atoms with E-state index in [1.165, 1.54) is 0 Å². The van der Waals surface area contributed by atoms with Gasteiger partial charge in [0.2, 0.25) is 9.05 Å². The van der Waals surface area contributed by atoms with Crippen LogP contribution in [0.15, 0.2) is 0 Å². The van der Waals surface area contributed by atoms with Gasteiger partial charge in [-0.3, -0.25) is 0 Å². The van der Waals surface area contributed by atoms with Crippen molar-refractivity contribution in [2.45, 2.75) is 38.4 Å². The first-order valence-electron chi connectivity index (χ1n) is 5.75. The minimum Gasteiger partial charge on any atom is -0.506 e. The zero-order chi connectivity index (χ0) is 13.5. The summed E-state index contributed by atoms with van der Waals surface area (Å²) >= 11 is 6.13. The van der Waals surface area contributed by atoms with Crippen molar-refractivity contribution >= 4 is 31.3 Å². The Labute approximate surface area is 116 Å². The van der Waals surface area contributed by atoms with Gasteiger partial charge in [-0.25, -0.2) is 8.42 Å². The topological polar surface area (TPSA) is 54.4 Å². The van der Waals surface area contributed by atoms with Crippen LogP contribution < -0.4 is 0 Å². The van der Waals surface area contributed by atoms with Crippen LogP contribution in [0.4, 0.5) is 0 Å². The summed E-state index contributed by atoms with van der Waals surface area (Å²) in [5, 5.41) is 10.3. The standard InChI is InChI=1S/C12H14Cl2O3S/c1-7-8-4-2-3-5-9(8)11(13)12(15)10(7)6-18(14,16)17/h15H,2-6H2,1H3. The Morgan fingerprint density at radius 2 is 1.78 bits per heavy atom. The maximum absolute atomic E-state index is 11.2. The molecule has 0 unspecified atom stereocenters. The van der Waals surface area contributed by atoms with E-state index in [-0.39, 0.29) is 16.5 Å². The van der Waals surface area contributed by atoms with Gasteiger partial charge in [-0.05, 0) is 49.3 Å². The third kappa shape index (κ3) is 2.60. The molecule has 0 heterocycles. The molecule has 6 heteroatoms. The minimum atomic E-state index is -3.71. The molecule has 1 N–H and O–H groups in total. The third-order valence-corrected chi connectivity index (χ3v) is 4.82. The fourth-order valence-corrected chi connectivity index (χ4v) is 3.89. The van der Waals surface area contributed by atoms with Crippen LogP contribution in [0.3, 0.4) is 0 Å². The molecule has 1 aliphatic carbocycles. The Hall–Kier alpha value is -0.450. The monoisotopic (exact) mass is 308 g/mol. The lowest BCUT2D eigenvalue weighted by molar-refractivity contribution is 0.467. The van der Waals surface area contributed by atoms with Gasteiger partial charge < -0.3 is 5.11 Å². The van der Waals surface area contributed by atoms with Crippen molar-refractivity contribution in [3.8, 4) is 5.75 Å². The number of halogens is 2. The van der Waals surface area contributed by atoms with Gasteiger partial charge in [0.1, 0.15) is 5.75 Å². The summed E-state index contributed by atoms with van der Waals surface area (Å²) in [4.78, 5) is 0. The molecule has 18 heavy (non-hydrogen) atoms. The molecule has 1 aliphatic rings. The van der Waals surface area contributed by atoms with E-state index >= 15 is 0 Å². The van der Waals surface area contributed by atoms with Crippen molar-refractivity contribution in [3.63, 3.8) is 0 Å². The van der Waals surface area contributed by atoms with Crippen LogP contribution in [0.2, 0.25) is 5.02 Å². The zero-order valence-corrected chi connectivity index (χ0v) is 12.3. The van der Waals surface area contributed by atoms with E-state index in [1.807, 2.05) is 6.92 Å². The Kier molecular flexibility index (Phi) is 3.81. The Morgan fingerprint density at radius 3 is 2.33 bits per heavy atom. The SMILES string of the molecule is Cc1c(CS(=O)(=O)Cl)c(O)c(Cl)c2c1CCCC2. The van der Waals surface area contributed by atoms with Crippen LogP contribution in [0.5, 0.6) is 5.75 Å². The second-order valence-corrected chi connectivity index (χ2v) is 7.77. The number of hydrogen-bond donors (Lipinski definition) is 1. The van der Waals surface area contributed by atoms with Crippen molar-refractivity contribution in [2.75, 3.05) is 0 Å². The highest BCUT2D eigenvalue weighted by Crippen LogP contribution is 2.41. The summed E-state index contributed by atoms with van der Waals surface area (Å²) in [6, 6.07) is 0. The average Bonchev–Trinajstić information content (AvgIpc) is 2.31. The lowest BCUT2D eigenvalue weighted by Crippen LogP contribution is -2.10. The van der Waals surface area contributed by atoms with E-state index in [0.29, 0.717) is 5.56 Å². The van der Waals surface area contributed by atoms with Crippen molar-refractivity contribution in [3.05, 3.63) is 27.3 Å². The van der Waals surface area contributed by atoms with E-state index < -0.39 is 9.05 Å². The molecule has 0 amide bonds. The van der Waals surface area contributed by atoms with Crippen molar-refractivity contribution in [2.24, 2.45) is 0 Å². The van der Waals surface area contributed by atoms with E-state index in [0.717, 1.165) is 42.4 Å². The van der Waals surface area contributed by atoms with Gasteiger partial charge in [-0.1, -0.05) is 11.6 Å². The Morgan fingerprint density at radius 1 is 1.22 bits per heavy atom. The van der Waals surface area contributed by atoms with Crippen LogP contribution in [0.25, 0.3) is 0 Å². The van der Waals surface area contributed by atoms with Gasteiger partial charge >= 0.3 is 0 Å². The number of rotatable bonds is 2. The molecular weight excluding hydrogens is 295 g/mol. The number of phenols is 1. The molecule has 1 aromatic rings. The molecule has 0 aliphatic heterocycles. The molecular formula is C12H14Cl2O3S. The van der Waals surface area contributed by atoms with Crippen molar-refractivity contribution < 1.29 is 13.5 Å². The van der Waals surface area contributed by atoms with Gasteiger partial charge in [-0.2, -0.15) is 0 Å². The maximum atomic E-state index is 11.2. The third-order valence-electron chi connectivity index (χ3n) is 3.45. The number of hydrogen-bond acceptors (Lipinski definition) is 3. The molecule has 0 bridgehead atoms. The maximum Gasteiger partial charge on any atom is 0.236 e.